The van der Waals surface area contributed by atoms with E-state index in [9.17, 15) is 13.6 Å². The van der Waals surface area contributed by atoms with E-state index in [0.29, 0.717) is 23.8 Å². The molecular weight excluding hydrogens is 366 g/mol. The minimum Gasteiger partial charge on any atom is -0.477 e. The molecule has 2 N–H and O–H groups in total. The first-order chi connectivity index (χ1) is 13.2. The van der Waals surface area contributed by atoms with Crippen molar-refractivity contribution in [2.45, 2.75) is 32.9 Å². The molecule has 0 atom stereocenters. The number of carbonyl (C=O) groups excluding carboxylic acids is 1. The van der Waals surface area contributed by atoms with Crippen molar-refractivity contribution in [2.24, 2.45) is 5.73 Å². The van der Waals surface area contributed by atoms with Crippen molar-refractivity contribution in [1.29, 1.82) is 0 Å². The van der Waals surface area contributed by atoms with Gasteiger partial charge in [0.15, 0.2) is 28.8 Å². The first-order valence-electron chi connectivity index (χ1n) is 8.71. The van der Waals surface area contributed by atoms with E-state index >= 15 is 0 Å². The van der Waals surface area contributed by atoms with Gasteiger partial charge < -0.3 is 15.0 Å². The van der Waals surface area contributed by atoms with Gasteiger partial charge in [-0.2, -0.15) is 0 Å². The van der Waals surface area contributed by atoms with Crippen LogP contribution in [0.1, 0.15) is 37.0 Å². The van der Waals surface area contributed by atoms with Gasteiger partial charge in [-0.3, -0.25) is 4.79 Å². The Morgan fingerprint density at radius 2 is 1.82 bits per heavy atom. The van der Waals surface area contributed by atoms with Gasteiger partial charge in [-0.25, -0.2) is 8.78 Å². The number of primary amides is 1. The van der Waals surface area contributed by atoms with Crippen molar-refractivity contribution >= 4 is 5.91 Å². The smallest absolute Gasteiger partial charge is 0.248 e. The molecule has 1 amide bonds. The largest absolute Gasteiger partial charge is 0.477 e. The molecule has 0 aliphatic carbocycles. The third-order valence-electron chi connectivity index (χ3n) is 4.29. The second-order valence-electron chi connectivity index (χ2n) is 6.72. The number of halogens is 2. The predicted octanol–water partition coefficient (Wildman–Crippen LogP) is 3.66. The van der Waals surface area contributed by atoms with Crippen molar-refractivity contribution in [3.63, 3.8) is 0 Å². The first-order valence-corrected chi connectivity index (χ1v) is 8.71. The summed E-state index contributed by atoms with van der Waals surface area (Å²) in [6, 6.07) is 9.82. The van der Waals surface area contributed by atoms with Gasteiger partial charge in [-0.05, 0) is 45.0 Å². The van der Waals surface area contributed by atoms with Gasteiger partial charge in [0.2, 0.25) is 5.91 Å². The number of carbonyl (C=O) groups is 1. The van der Waals surface area contributed by atoms with Crippen LogP contribution in [-0.4, -0.2) is 20.7 Å². The van der Waals surface area contributed by atoms with Gasteiger partial charge in [0, 0.05) is 23.7 Å². The van der Waals surface area contributed by atoms with Crippen LogP contribution in [0, 0.1) is 11.6 Å². The molecule has 146 valence electrons. The van der Waals surface area contributed by atoms with Gasteiger partial charge in [-0.1, -0.05) is 12.1 Å². The van der Waals surface area contributed by atoms with Crippen LogP contribution in [-0.2, 0) is 12.1 Å². The zero-order chi connectivity index (χ0) is 20.5. The average Bonchev–Trinajstić information content (AvgIpc) is 3.09. The molecule has 3 rings (SSSR count). The summed E-state index contributed by atoms with van der Waals surface area (Å²) in [5, 5.41) is 8.48. The number of hydrogen-bond acceptors (Lipinski definition) is 4. The molecule has 0 aliphatic heterocycles. The molecule has 0 fully saturated rings. The molecule has 2 aromatic carbocycles. The van der Waals surface area contributed by atoms with Crippen LogP contribution in [0.15, 0.2) is 42.5 Å². The maximum Gasteiger partial charge on any atom is 0.248 e. The number of amides is 1. The number of hydrogen-bond donors (Lipinski definition) is 1. The minimum absolute atomic E-state index is 0.0792. The van der Waals surface area contributed by atoms with Crippen molar-refractivity contribution in [3.05, 3.63) is 65.5 Å². The highest BCUT2D eigenvalue weighted by molar-refractivity contribution is 5.93. The Balaban J connectivity index is 1.97. The average molecular weight is 386 g/mol. The topological polar surface area (TPSA) is 83.0 Å². The zero-order valence-corrected chi connectivity index (χ0v) is 15.7. The number of nitrogens with zero attached hydrogens (tertiary/aromatic N) is 3. The fourth-order valence-corrected chi connectivity index (χ4v) is 2.92. The quantitative estimate of drug-likeness (QED) is 0.701. The summed E-state index contributed by atoms with van der Waals surface area (Å²) in [5.41, 5.74) is 5.37. The van der Waals surface area contributed by atoms with Crippen LogP contribution < -0.4 is 10.5 Å². The van der Waals surface area contributed by atoms with Crippen LogP contribution >= 0.6 is 0 Å². The maximum atomic E-state index is 14.0. The van der Waals surface area contributed by atoms with Crippen LogP contribution in [0.5, 0.6) is 5.75 Å². The zero-order valence-electron chi connectivity index (χ0n) is 15.7. The molecule has 0 radical (unpaired) electrons. The fourth-order valence-electron chi connectivity index (χ4n) is 2.92. The highest BCUT2D eigenvalue weighted by Gasteiger charge is 2.31. The van der Waals surface area contributed by atoms with E-state index in [0.717, 1.165) is 17.7 Å². The lowest BCUT2D eigenvalue weighted by molar-refractivity contribution is 0.0883. The summed E-state index contributed by atoms with van der Waals surface area (Å²) in [6.45, 7) is 5.91. The molecule has 0 spiro atoms. The summed E-state index contributed by atoms with van der Waals surface area (Å²) in [6.07, 6.45) is 0. The predicted molar refractivity (Wildman–Crippen MR) is 99.7 cm³/mol. The molecule has 3 aromatic rings. The molecule has 0 saturated heterocycles. The Morgan fingerprint density at radius 3 is 2.39 bits per heavy atom. The number of aromatic nitrogens is 3. The van der Waals surface area contributed by atoms with E-state index in [1.54, 1.807) is 38.1 Å². The SMILES string of the molecule is CCn1c(-c2ccc(C(N)=O)cc2)nnc1C(C)(C)Oc1ccc(F)cc1F. The summed E-state index contributed by atoms with van der Waals surface area (Å²) >= 11 is 0. The third kappa shape index (κ3) is 3.71. The summed E-state index contributed by atoms with van der Waals surface area (Å²) in [7, 11) is 0. The van der Waals surface area contributed by atoms with Gasteiger partial charge in [0.05, 0.1) is 0 Å². The van der Waals surface area contributed by atoms with Crippen molar-refractivity contribution in [2.75, 3.05) is 0 Å². The van der Waals surface area contributed by atoms with Crippen molar-refractivity contribution < 1.29 is 18.3 Å². The highest BCUT2D eigenvalue weighted by Crippen LogP contribution is 2.31. The molecule has 0 unspecified atom stereocenters. The lowest BCUT2D eigenvalue weighted by Crippen LogP contribution is -2.30. The monoisotopic (exact) mass is 386 g/mol. The maximum absolute atomic E-state index is 14.0. The number of benzene rings is 2. The van der Waals surface area contributed by atoms with Crippen molar-refractivity contribution in [1.82, 2.24) is 14.8 Å². The Kier molecular flexibility index (Phi) is 5.13. The first kappa shape index (κ1) is 19.5. The number of ether oxygens (including phenoxy) is 1. The van der Waals surface area contributed by atoms with Crippen LogP contribution in [0.4, 0.5) is 8.78 Å². The second-order valence-corrected chi connectivity index (χ2v) is 6.72. The van der Waals surface area contributed by atoms with E-state index in [2.05, 4.69) is 10.2 Å². The Labute approximate surface area is 161 Å². The number of rotatable bonds is 6. The Hall–Kier alpha value is -3.29. The molecule has 0 bridgehead atoms. The summed E-state index contributed by atoms with van der Waals surface area (Å²) < 4.78 is 34.8. The molecule has 1 aromatic heterocycles. The van der Waals surface area contributed by atoms with Crippen molar-refractivity contribution in [3.8, 4) is 17.1 Å². The molecule has 28 heavy (non-hydrogen) atoms. The molecule has 6 nitrogen and oxygen atoms in total. The molecule has 8 heteroatoms. The van der Waals surface area contributed by atoms with E-state index in [-0.39, 0.29) is 5.75 Å². The standard InChI is InChI=1S/C20H20F2N4O2/c1-4-26-18(13-7-5-12(6-8-13)17(23)27)24-25-19(26)20(2,3)28-16-10-9-14(21)11-15(16)22/h5-11H,4H2,1-3H3,(H2,23,27). The lowest BCUT2D eigenvalue weighted by atomic mass is 10.1. The highest BCUT2D eigenvalue weighted by atomic mass is 19.1. The second kappa shape index (κ2) is 7.38. The molecule has 0 aliphatic rings. The van der Waals surface area contributed by atoms with Crippen LogP contribution in [0.3, 0.4) is 0 Å². The third-order valence-corrected chi connectivity index (χ3v) is 4.29. The van der Waals surface area contributed by atoms with Crippen LogP contribution in [0.2, 0.25) is 0 Å². The van der Waals surface area contributed by atoms with E-state index in [4.69, 9.17) is 10.5 Å². The lowest BCUT2D eigenvalue weighted by Gasteiger charge is -2.26. The van der Waals surface area contributed by atoms with Gasteiger partial charge in [0.1, 0.15) is 5.82 Å². The fraction of sp³-hybridized carbons (Fsp3) is 0.250. The van der Waals surface area contributed by atoms with E-state index in [1.807, 2.05) is 11.5 Å². The summed E-state index contributed by atoms with van der Waals surface area (Å²) in [4.78, 5) is 11.2. The van der Waals surface area contributed by atoms with E-state index < -0.39 is 23.1 Å². The normalized spacial score (nSPS) is 11.5. The van der Waals surface area contributed by atoms with Crippen LogP contribution in [0.25, 0.3) is 11.4 Å². The van der Waals surface area contributed by atoms with E-state index in [1.165, 1.54) is 6.07 Å². The van der Waals surface area contributed by atoms with Gasteiger partial charge in [-0.15, -0.1) is 10.2 Å². The van der Waals surface area contributed by atoms with Gasteiger partial charge in [0.25, 0.3) is 0 Å². The molecule has 0 saturated carbocycles. The Bertz CT molecular complexity index is 1010. The minimum atomic E-state index is -1.03. The van der Waals surface area contributed by atoms with Gasteiger partial charge >= 0.3 is 0 Å². The summed E-state index contributed by atoms with van der Waals surface area (Å²) in [5.74, 6) is -1.01. The number of nitrogens with two attached hydrogens (primary N) is 1. The molecular formula is C20H20F2N4O2. The Morgan fingerprint density at radius 1 is 1.14 bits per heavy atom. The molecule has 1 heterocycles.